The second-order valence-electron chi connectivity index (χ2n) is 2.69. The molecule has 60 valence electrons. The minimum absolute atomic E-state index is 0.142. The molecule has 0 saturated heterocycles. The van der Waals surface area contributed by atoms with Gasteiger partial charge in [-0.15, -0.1) is 0 Å². The number of rotatable bonds is 1. The van der Waals surface area contributed by atoms with Crippen molar-refractivity contribution in [3.63, 3.8) is 0 Å². The van der Waals surface area contributed by atoms with Gasteiger partial charge in [-0.2, -0.15) is 0 Å². The molecule has 1 aromatic carbocycles. The van der Waals surface area contributed by atoms with Crippen LogP contribution in [0.1, 0.15) is 16.7 Å². The first-order valence-corrected chi connectivity index (χ1v) is 4.59. The van der Waals surface area contributed by atoms with E-state index in [9.17, 15) is 0 Å². The van der Waals surface area contributed by atoms with Gasteiger partial charge in [0.05, 0.1) is 6.61 Å². The lowest BCUT2D eigenvalue weighted by molar-refractivity contribution is 0.281. The molecule has 0 spiro atoms. The van der Waals surface area contributed by atoms with Crippen LogP contribution in [0.2, 0.25) is 0 Å². The van der Waals surface area contributed by atoms with Gasteiger partial charge >= 0.3 is 0 Å². The number of aliphatic hydroxyl groups is 1. The van der Waals surface area contributed by atoms with Crippen molar-refractivity contribution in [1.29, 1.82) is 0 Å². The van der Waals surface area contributed by atoms with E-state index in [4.69, 9.17) is 5.11 Å². The Morgan fingerprint density at radius 3 is 2.45 bits per heavy atom. The highest BCUT2D eigenvalue weighted by atomic mass is 127. The second kappa shape index (κ2) is 3.54. The summed E-state index contributed by atoms with van der Waals surface area (Å²) in [6.45, 7) is 4.22. The standard InChI is InChI=1S/C9H11IO/c1-6-4-9(10)7(2)3-8(6)5-11/h3-4,11H,5H2,1-2H3. The van der Waals surface area contributed by atoms with Crippen LogP contribution in [0.4, 0.5) is 0 Å². The van der Waals surface area contributed by atoms with E-state index in [2.05, 4.69) is 35.6 Å². The highest BCUT2D eigenvalue weighted by Gasteiger charge is 2.00. The van der Waals surface area contributed by atoms with E-state index in [0.717, 1.165) is 5.56 Å². The molecule has 0 unspecified atom stereocenters. The van der Waals surface area contributed by atoms with Crippen LogP contribution in [-0.2, 0) is 6.61 Å². The molecule has 0 heterocycles. The normalized spacial score (nSPS) is 10.2. The van der Waals surface area contributed by atoms with Crippen LogP contribution in [0.3, 0.4) is 0 Å². The van der Waals surface area contributed by atoms with Crippen LogP contribution >= 0.6 is 22.6 Å². The van der Waals surface area contributed by atoms with Gasteiger partial charge in [-0.25, -0.2) is 0 Å². The fraction of sp³-hybridized carbons (Fsp3) is 0.333. The minimum atomic E-state index is 0.142. The number of benzene rings is 1. The zero-order chi connectivity index (χ0) is 8.43. The third kappa shape index (κ3) is 1.93. The van der Waals surface area contributed by atoms with Crippen LogP contribution in [0.5, 0.6) is 0 Å². The van der Waals surface area contributed by atoms with Crippen LogP contribution in [0.25, 0.3) is 0 Å². The molecule has 1 rings (SSSR count). The molecule has 0 aliphatic rings. The van der Waals surface area contributed by atoms with Crippen LogP contribution in [0, 0.1) is 17.4 Å². The van der Waals surface area contributed by atoms with Gasteiger partial charge in [0.1, 0.15) is 0 Å². The lowest BCUT2D eigenvalue weighted by Crippen LogP contribution is -1.91. The van der Waals surface area contributed by atoms with E-state index in [1.54, 1.807) is 0 Å². The average Bonchev–Trinajstić information content (AvgIpc) is 1.97. The Kier molecular flexibility index (Phi) is 2.90. The van der Waals surface area contributed by atoms with Crippen molar-refractivity contribution < 1.29 is 5.11 Å². The molecule has 1 N–H and O–H groups in total. The summed E-state index contributed by atoms with van der Waals surface area (Å²) in [5.41, 5.74) is 3.44. The summed E-state index contributed by atoms with van der Waals surface area (Å²) in [6, 6.07) is 4.14. The third-order valence-corrected chi connectivity index (χ3v) is 2.95. The monoisotopic (exact) mass is 262 g/mol. The molecule has 1 nitrogen and oxygen atoms in total. The van der Waals surface area contributed by atoms with Crippen molar-refractivity contribution in [2.45, 2.75) is 20.5 Å². The quantitative estimate of drug-likeness (QED) is 0.770. The molecule has 0 aliphatic carbocycles. The fourth-order valence-electron chi connectivity index (χ4n) is 1.01. The molecule has 0 amide bonds. The molecule has 1 aromatic rings. The van der Waals surface area contributed by atoms with Crippen molar-refractivity contribution in [2.24, 2.45) is 0 Å². The number of aryl methyl sites for hydroxylation is 2. The first kappa shape index (κ1) is 9.00. The number of hydrogen-bond donors (Lipinski definition) is 1. The smallest absolute Gasteiger partial charge is 0.0684 e. The van der Waals surface area contributed by atoms with E-state index in [0.29, 0.717) is 0 Å². The molecule has 0 aliphatic heterocycles. The summed E-state index contributed by atoms with van der Waals surface area (Å²) in [5, 5.41) is 8.93. The maximum Gasteiger partial charge on any atom is 0.0684 e. The van der Waals surface area contributed by atoms with Gasteiger partial charge in [0.25, 0.3) is 0 Å². The zero-order valence-corrected chi connectivity index (χ0v) is 8.84. The van der Waals surface area contributed by atoms with Gasteiger partial charge < -0.3 is 5.11 Å². The van der Waals surface area contributed by atoms with Crippen LogP contribution in [-0.4, -0.2) is 5.11 Å². The Morgan fingerprint density at radius 2 is 1.91 bits per heavy atom. The van der Waals surface area contributed by atoms with Gasteiger partial charge in [0.15, 0.2) is 0 Å². The largest absolute Gasteiger partial charge is 0.392 e. The Balaban J connectivity index is 3.21. The average molecular weight is 262 g/mol. The highest BCUT2D eigenvalue weighted by molar-refractivity contribution is 14.1. The second-order valence-corrected chi connectivity index (χ2v) is 3.85. The van der Waals surface area contributed by atoms with Crippen molar-refractivity contribution in [2.75, 3.05) is 0 Å². The van der Waals surface area contributed by atoms with Gasteiger partial charge in [-0.3, -0.25) is 0 Å². The maximum absolute atomic E-state index is 8.93. The summed E-state index contributed by atoms with van der Waals surface area (Å²) in [7, 11) is 0. The van der Waals surface area contributed by atoms with Gasteiger partial charge in [0, 0.05) is 3.57 Å². The molecule has 0 aromatic heterocycles. The molecule has 2 heteroatoms. The summed E-state index contributed by atoms with van der Waals surface area (Å²) in [4.78, 5) is 0. The van der Waals surface area contributed by atoms with Crippen molar-refractivity contribution in [3.05, 3.63) is 32.4 Å². The third-order valence-electron chi connectivity index (χ3n) is 1.79. The predicted octanol–water partition coefficient (Wildman–Crippen LogP) is 2.40. The van der Waals surface area contributed by atoms with Crippen LogP contribution in [0.15, 0.2) is 12.1 Å². The Bertz CT molecular complexity index is 269. The topological polar surface area (TPSA) is 20.2 Å². The first-order valence-electron chi connectivity index (χ1n) is 3.51. The van der Waals surface area contributed by atoms with Crippen molar-refractivity contribution in [1.82, 2.24) is 0 Å². The molecule has 0 saturated carbocycles. The predicted molar refractivity (Wildman–Crippen MR) is 54.6 cm³/mol. The Morgan fingerprint density at radius 1 is 1.27 bits per heavy atom. The Hall–Kier alpha value is -0.0900. The number of hydrogen-bond acceptors (Lipinski definition) is 1. The maximum atomic E-state index is 8.93. The van der Waals surface area contributed by atoms with Gasteiger partial charge in [0.2, 0.25) is 0 Å². The van der Waals surface area contributed by atoms with Gasteiger partial charge in [-0.1, -0.05) is 6.07 Å². The summed E-state index contributed by atoms with van der Waals surface area (Å²) >= 11 is 2.30. The molecule has 11 heavy (non-hydrogen) atoms. The van der Waals surface area contributed by atoms with E-state index in [1.807, 2.05) is 13.0 Å². The first-order chi connectivity index (χ1) is 5.15. The fourth-order valence-corrected chi connectivity index (χ4v) is 1.63. The SMILES string of the molecule is Cc1cc(CO)c(C)cc1I. The van der Waals surface area contributed by atoms with E-state index in [-0.39, 0.29) is 6.61 Å². The van der Waals surface area contributed by atoms with Crippen LogP contribution < -0.4 is 0 Å². The van der Waals surface area contributed by atoms with Crippen molar-refractivity contribution in [3.8, 4) is 0 Å². The molecule has 0 fully saturated rings. The highest BCUT2D eigenvalue weighted by Crippen LogP contribution is 2.17. The summed E-state index contributed by atoms with van der Waals surface area (Å²) in [5.74, 6) is 0. The number of halogens is 1. The molecule has 0 atom stereocenters. The number of aliphatic hydroxyl groups excluding tert-OH is 1. The van der Waals surface area contributed by atoms with Gasteiger partial charge in [-0.05, 0) is 59.2 Å². The molecule has 0 bridgehead atoms. The minimum Gasteiger partial charge on any atom is -0.392 e. The Labute approximate surface area is 80.6 Å². The summed E-state index contributed by atoms with van der Waals surface area (Å²) in [6.07, 6.45) is 0. The van der Waals surface area contributed by atoms with E-state index >= 15 is 0 Å². The van der Waals surface area contributed by atoms with Crippen molar-refractivity contribution >= 4 is 22.6 Å². The van der Waals surface area contributed by atoms with E-state index < -0.39 is 0 Å². The lowest BCUT2D eigenvalue weighted by atomic mass is 10.1. The summed E-state index contributed by atoms with van der Waals surface area (Å²) < 4.78 is 1.26. The molecule has 0 radical (unpaired) electrons. The molecular weight excluding hydrogens is 251 g/mol. The van der Waals surface area contributed by atoms with E-state index in [1.165, 1.54) is 14.7 Å². The lowest BCUT2D eigenvalue weighted by Gasteiger charge is -2.05. The zero-order valence-electron chi connectivity index (χ0n) is 6.69. The molecular formula is C9H11IO.